The van der Waals surface area contributed by atoms with E-state index in [9.17, 15) is 8.42 Å². The van der Waals surface area contributed by atoms with E-state index in [2.05, 4.69) is 4.98 Å². The second-order valence-corrected chi connectivity index (χ2v) is 5.86. The number of pyridine rings is 1. The lowest BCUT2D eigenvalue weighted by atomic mass is 10.3. The van der Waals surface area contributed by atoms with Crippen LogP contribution in [0.5, 0.6) is 0 Å². The molecule has 0 aromatic carbocycles. The summed E-state index contributed by atoms with van der Waals surface area (Å²) < 4.78 is 31.5. The summed E-state index contributed by atoms with van der Waals surface area (Å²) in [4.78, 5) is 3.74. The van der Waals surface area contributed by atoms with Gasteiger partial charge in [-0.05, 0) is 19.1 Å². The first-order chi connectivity index (χ1) is 8.57. The zero-order chi connectivity index (χ0) is 13.2. The molecule has 6 nitrogen and oxygen atoms in total. The maximum atomic E-state index is 12.5. The van der Waals surface area contributed by atoms with Gasteiger partial charge in [-0.2, -0.15) is 9.57 Å². The molecular formula is C11H13N3O3S. The molecule has 0 N–H and O–H groups in total. The first-order valence-corrected chi connectivity index (χ1v) is 6.96. The van der Waals surface area contributed by atoms with Crippen molar-refractivity contribution in [1.82, 2.24) is 9.29 Å². The van der Waals surface area contributed by atoms with Crippen LogP contribution < -0.4 is 0 Å². The topological polar surface area (TPSA) is 83.3 Å². The van der Waals surface area contributed by atoms with Crippen LogP contribution in [0, 0.1) is 11.3 Å². The fourth-order valence-corrected chi connectivity index (χ4v) is 3.57. The summed E-state index contributed by atoms with van der Waals surface area (Å²) in [7, 11) is -3.69. The van der Waals surface area contributed by atoms with E-state index in [-0.39, 0.29) is 16.6 Å². The Balaban J connectivity index is 2.45. The first-order valence-electron chi connectivity index (χ1n) is 5.52. The Hall–Kier alpha value is -1.49. The molecule has 1 aliphatic rings. The summed E-state index contributed by atoms with van der Waals surface area (Å²) in [6.45, 7) is 2.80. The molecule has 0 aliphatic carbocycles. The van der Waals surface area contributed by atoms with Gasteiger partial charge < -0.3 is 4.74 Å². The molecule has 18 heavy (non-hydrogen) atoms. The van der Waals surface area contributed by atoms with Crippen LogP contribution in [0.25, 0.3) is 0 Å². The molecule has 0 amide bonds. The fraction of sp³-hybridized carbons (Fsp3) is 0.455. The van der Waals surface area contributed by atoms with Crippen molar-refractivity contribution >= 4 is 10.0 Å². The highest BCUT2D eigenvalue weighted by molar-refractivity contribution is 7.89. The van der Waals surface area contributed by atoms with Crippen molar-refractivity contribution in [2.24, 2.45) is 0 Å². The Bertz CT molecular complexity index is 579. The summed E-state index contributed by atoms with van der Waals surface area (Å²) >= 11 is 0. The number of nitriles is 1. The lowest BCUT2D eigenvalue weighted by Crippen LogP contribution is -2.47. The zero-order valence-electron chi connectivity index (χ0n) is 9.91. The van der Waals surface area contributed by atoms with E-state index in [1.54, 1.807) is 6.92 Å². The average Bonchev–Trinajstić information content (AvgIpc) is 2.39. The molecule has 2 heterocycles. The Kier molecular flexibility index (Phi) is 3.61. The number of hydrogen-bond donors (Lipinski definition) is 0. The Labute approximate surface area is 106 Å². The normalized spacial score (nSPS) is 21.4. The molecule has 1 aromatic rings. The molecule has 0 radical (unpaired) electrons. The third kappa shape index (κ3) is 2.22. The molecule has 0 saturated carbocycles. The summed E-state index contributed by atoms with van der Waals surface area (Å²) in [5.41, 5.74) is -0.0730. The maximum absolute atomic E-state index is 12.5. The van der Waals surface area contributed by atoms with Gasteiger partial charge in [0, 0.05) is 18.8 Å². The van der Waals surface area contributed by atoms with Crippen molar-refractivity contribution in [3.63, 3.8) is 0 Å². The van der Waals surface area contributed by atoms with E-state index in [4.69, 9.17) is 10.00 Å². The second-order valence-electron chi connectivity index (χ2n) is 4.00. The van der Waals surface area contributed by atoms with Crippen molar-refractivity contribution in [2.75, 3.05) is 19.8 Å². The number of sulfonamides is 1. The Morgan fingerprint density at radius 2 is 2.39 bits per heavy atom. The van der Waals surface area contributed by atoms with Crippen molar-refractivity contribution in [2.45, 2.75) is 17.9 Å². The number of aromatic nitrogens is 1. The van der Waals surface area contributed by atoms with Gasteiger partial charge in [0.15, 0.2) is 5.69 Å². The van der Waals surface area contributed by atoms with E-state index in [0.717, 1.165) is 0 Å². The molecule has 0 unspecified atom stereocenters. The number of nitrogens with zero attached hydrogens (tertiary/aromatic N) is 3. The van der Waals surface area contributed by atoms with E-state index in [1.165, 1.54) is 22.6 Å². The molecule has 0 bridgehead atoms. The minimum absolute atomic E-state index is 0.0405. The Morgan fingerprint density at radius 3 is 3.06 bits per heavy atom. The molecule has 1 saturated heterocycles. The minimum atomic E-state index is -3.69. The van der Waals surface area contributed by atoms with Crippen LogP contribution in [0.2, 0.25) is 0 Å². The van der Waals surface area contributed by atoms with E-state index >= 15 is 0 Å². The highest BCUT2D eigenvalue weighted by atomic mass is 32.2. The third-order valence-corrected chi connectivity index (χ3v) is 4.82. The zero-order valence-corrected chi connectivity index (χ0v) is 10.7. The Morgan fingerprint density at radius 1 is 1.61 bits per heavy atom. The number of morpholine rings is 1. The lowest BCUT2D eigenvalue weighted by Gasteiger charge is -2.32. The lowest BCUT2D eigenvalue weighted by molar-refractivity contribution is 0.0392. The fourth-order valence-electron chi connectivity index (χ4n) is 1.88. The number of rotatable bonds is 2. The first kappa shape index (κ1) is 13.0. The van der Waals surface area contributed by atoms with Crippen LogP contribution in [0.1, 0.15) is 12.6 Å². The van der Waals surface area contributed by atoms with Gasteiger partial charge in [0.05, 0.1) is 13.2 Å². The van der Waals surface area contributed by atoms with Crippen LogP contribution >= 0.6 is 0 Å². The van der Waals surface area contributed by atoms with E-state index in [0.29, 0.717) is 19.8 Å². The second kappa shape index (κ2) is 5.02. The quantitative estimate of drug-likeness (QED) is 0.772. The van der Waals surface area contributed by atoms with Crippen LogP contribution in [0.3, 0.4) is 0 Å². The van der Waals surface area contributed by atoms with Crippen LogP contribution in [0.4, 0.5) is 0 Å². The van der Waals surface area contributed by atoms with Crippen molar-refractivity contribution in [3.05, 3.63) is 24.0 Å². The molecule has 1 aliphatic heterocycles. The smallest absolute Gasteiger partial charge is 0.246 e. The molecular weight excluding hydrogens is 254 g/mol. The number of ether oxygens (including phenoxy) is 1. The highest BCUT2D eigenvalue weighted by Gasteiger charge is 2.33. The van der Waals surface area contributed by atoms with Gasteiger partial charge in [-0.15, -0.1) is 0 Å². The van der Waals surface area contributed by atoms with Gasteiger partial charge in [0.2, 0.25) is 10.0 Å². The molecule has 0 spiro atoms. The van der Waals surface area contributed by atoms with E-state index < -0.39 is 10.0 Å². The number of hydrogen-bond acceptors (Lipinski definition) is 5. The SMILES string of the molecule is C[C@@H]1COCCN1S(=O)(=O)c1cccnc1C#N. The van der Waals surface area contributed by atoms with Crippen LogP contribution in [-0.2, 0) is 14.8 Å². The highest BCUT2D eigenvalue weighted by Crippen LogP contribution is 2.21. The van der Waals surface area contributed by atoms with Gasteiger partial charge >= 0.3 is 0 Å². The summed E-state index contributed by atoms with van der Waals surface area (Å²) in [5, 5.41) is 8.93. The van der Waals surface area contributed by atoms with Gasteiger partial charge in [-0.25, -0.2) is 13.4 Å². The summed E-state index contributed by atoms with van der Waals surface area (Å²) in [6, 6.07) is 4.49. The van der Waals surface area contributed by atoms with Crippen molar-refractivity contribution in [1.29, 1.82) is 5.26 Å². The van der Waals surface area contributed by atoms with E-state index in [1.807, 2.05) is 6.07 Å². The molecule has 2 rings (SSSR count). The predicted molar refractivity (Wildman–Crippen MR) is 63.1 cm³/mol. The monoisotopic (exact) mass is 267 g/mol. The van der Waals surface area contributed by atoms with Gasteiger partial charge in [0.25, 0.3) is 0 Å². The van der Waals surface area contributed by atoms with Gasteiger partial charge in [-0.1, -0.05) is 0 Å². The van der Waals surface area contributed by atoms with Crippen LogP contribution in [-0.4, -0.2) is 43.5 Å². The standard InChI is InChI=1S/C11H13N3O3S/c1-9-8-17-6-5-14(9)18(15,16)11-3-2-4-13-10(11)7-12/h2-4,9H,5-6,8H2,1H3/t9-/m1/s1. The molecule has 1 atom stereocenters. The molecule has 1 fully saturated rings. The summed E-state index contributed by atoms with van der Waals surface area (Å²) in [5.74, 6) is 0. The van der Waals surface area contributed by atoms with Crippen molar-refractivity contribution < 1.29 is 13.2 Å². The van der Waals surface area contributed by atoms with Crippen LogP contribution in [0.15, 0.2) is 23.2 Å². The molecule has 1 aromatic heterocycles. The largest absolute Gasteiger partial charge is 0.378 e. The summed E-state index contributed by atoms with van der Waals surface area (Å²) in [6.07, 6.45) is 1.40. The predicted octanol–water partition coefficient (Wildman–Crippen LogP) is 0.363. The third-order valence-electron chi connectivity index (χ3n) is 2.77. The van der Waals surface area contributed by atoms with Gasteiger partial charge in [0.1, 0.15) is 11.0 Å². The molecule has 96 valence electrons. The minimum Gasteiger partial charge on any atom is -0.378 e. The van der Waals surface area contributed by atoms with Gasteiger partial charge in [-0.3, -0.25) is 0 Å². The average molecular weight is 267 g/mol. The van der Waals surface area contributed by atoms with Crippen molar-refractivity contribution in [3.8, 4) is 6.07 Å². The molecule has 7 heteroatoms. The maximum Gasteiger partial charge on any atom is 0.246 e.